The van der Waals surface area contributed by atoms with Gasteiger partial charge in [0.1, 0.15) is 0 Å². The average molecular weight is 424 g/mol. The van der Waals surface area contributed by atoms with E-state index in [1.165, 1.54) is 4.68 Å². The summed E-state index contributed by atoms with van der Waals surface area (Å²) in [5.74, 6) is -0.254. The van der Waals surface area contributed by atoms with E-state index in [0.29, 0.717) is 41.8 Å². The predicted octanol–water partition coefficient (Wildman–Crippen LogP) is 2.05. The Bertz CT molecular complexity index is 1140. The molecule has 162 valence electrons. The number of carbonyl (C=O) groups excluding carboxylic acids is 2. The normalized spacial score (nSPS) is 10.5. The molecule has 0 bridgehead atoms. The lowest BCUT2D eigenvalue weighted by Crippen LogP contribution is -2.44. The Balaban J connectivity index is 1.68. The predicted molar refractivity (Wildman–Crippen MR) is 115 cm³/mol. The zero-order valence-electron chi connectivity index (χ0n) is 17.4. The van der Waals surface area contributed by atoms with Gasteiger partial charge in [0, 0.05) is 11.9 Å². The molecule has 0 aliphatic rings. The van der Waals surface area contributed by atoms with Crippen LogP contribution in [0.5, 0.6) is 11.5 Å². The molecule has 0 radical (unpaired) electrons. The van der Waals surface area contributed by atoms with Gasteiger partial charge in [-0.3, -0.25) is 25.2 Å². The first-order valence-corrected chi connectivity index (χ1v) is 9.98. The number of carbonyl (C=O) groups is 2. The van der Waals surface area contributed by atoms with E-state index in [1.807, 2.05) is 13.8 Å². The third-order valence-corrected chi connectivity index (χ3v) is 4.34. The van der Waals surface area contributed by atoms with Crippen molar-refractivity contribution in [1.29, 1.82) is 0 Å². The fourth-order valence-corrected chi connectivity index (χ4v) is 2.98. The summed E-state index contributed by atoms with van der Waals surface area (Å²) in [6, 6.07) is 13.7. The highest BCUT2D eigenvalue weighted by atomic mass is 16.5. The maximum Gasteiger partial charge on any atom is 0.290 e. The van der Waals surface area contributed by atoms with Crippen LogP contribution in [0.4, 0.5) is 0 Å². The zero-order chi connectivity index (χ0) is 22.2. The number of hydrogen-bond donors (Lipinski definition) is 2. The van der Waals surface area contributed by atoms with Gasteiger partial charge < -0.3 is 9.47 Å². The molecule has 0 saturated heterocycles. The summed E-state index contributed by atoms with van der Waals surface area (Å²) in [7, 11) is 0. The molecule has 2 amide bonds. The fourth-order valence-electron chi connectivity index (χ4n) is 2.98. The maximum absolute atomic E-state index is 12.7. The Labute approximate surface area is 178 Å². The van der Waals surface area contributed by atoms with Crippen molar-refractivity contribution in [3.63, 3.8) is 0 Å². The third-order valence-electron chi connectivity index (χ3n) is 4.34. The van der Waals surface area contributed by atoms with Crippen molar-refractivity contribution in [2.45, 2.75) is 26.8 Å². The third kappa shape index (κ3) is 5.19. The second-order valence-corrected chi connectivity index (χ2v) is 6.59. The minimum atomic E-state index is -0.635. The van der Waals surface area contributed by atoms with Crippen LogP contribution in [0.3, 0.4) is 0 Å². The van der Waals surface area contributed by atoms with Crippen molar-refractivity contribution in [3.8, 4) is 11.5 Å². The number of para-hydroxylation sites is 2. The van der Waals surface area contributed by atoms with Crippen LogP contribution >= 0.6 is 0 Å². The van der Waals surface area contributed by atoms with Crippen LogP contribution in [0, 0.1) is 0 Å². The van der Waals surface area contributed by atoms with Crippen molar-refractivity contribution >= 4 is 22.6 Å². The summed E-state index contributed by atoms with van der Waals surface area (Å²) in [4.78, 5) is 37.3. The SMILES string of the molecule is CCCn1nc(C(=O)NNC(=O)COc2ccccc2OCC)c2ccccc2c1=O. The van der Waals surface area contributed by atoms with E-state index in [2.05, 4.69) is 16.0 Å². The van der Waals surface area contributed by atoms with Crippen molar-refractivity contribution in [2.24, 2.45) is 0 Å². The number of nitrogens with zero attached hydrogens (tertiary/aromatic N) is 2. The van der Waals surface area contributed by atoms with Crippen LogP contribution in [0.15, 0.2) is 53.3 Å². The molecule has 2 aromatic carbocycles. The molecule has 9 heteroatoms. The zero-order valence-corrected chi connectivity index (χ0v) is 17.4. The van der Waals surface area contributed by atoms with Crippen molar-refractivity contribution < 1.29 is 19.1 Å². The lowest BCUT2D eigenvalue weighted by atomic mass is 10.1. The Morgan fingerprint density at radius 3 is 2.26 bits per heavy atom. The standard InChI is InChI=1S/C22H24N4O5/c1-3-13-26-22(29)16-10-6-5-9-15(16)20(25-26)21(28)24-23-19(27)14-31-18-12-8-7-11-17(18)30-4-2/h5-12H,3-4,13-14H2,1-2H3,(H,23,27)(H,24,28). The smallest absolute Gasteiger partial charge is 0.290 e. The monoisotopic (exact) mass is 424 g/mol. The Morgan fingerprint density at radius 2 is 1.58 bits per heavy atom. The number of fused-ring (bicyclic) bond motifs is 1. The van der Waals surface area contributed by atoms with Crippen molar-refractivity contribution in [3.05, 3.63) is 64.6 Å². The molecule has 1 aromatic heterocycles. The number of hydrogen-bond acceptors (Lipinski definition) is 6. The van der Waals surface area contributed by atoms with Gasteiger partial charge in [-0.25, -0.2) is 4.68 Å². The average Bonchev–Trinajstić information content (AvgIpc) is 2.79. The molecule has 0 saturated carbocycles. The lowest BCUT2D eigenvalue weighted by Gasteiger charge is -2.13. The van der Waals surface area contributed by atoms with Gasteiger partial charge in [-0.1, -0.05) is 37.3 Å². The Kier molecular flexibility index (Phi) is 7.21. The van der Waals surface area contributed by atoms with Crippen molar-refractivity contribution in [1.82, 2.24) is 20.6 Å². The number of benzene rings is 2. The first-order valence-electron chi connectivity index (χ1n) is 9.98. The molecule has 0 spiro atoms. The quantitative estimate of drug-likeness (QED) is 0.536. The van der Waals surface area contributed by atoms with Crippen LogP contribution in [-0.2, 0) is 11.3 Å². The highest BCUT2D eigenvalue weighted by Gasteiger charge is 2.17. The van der Waals surface area contributed by atoms with Crippen molar-refractivity contribution in [2.75, 3.05) is 13.2 Å². The first kappa shape index (κ1) is 21.8. The topological polar surface area (TPSA) is 112 Å². The second kappa shape index (κ2) is 10.2. The summed E-state index contributed by atoms with van der Waals surface area (Å²) >= 11 is 0. The van der Waals surface area contributed by atoms with E-state index in [4.69, 9.17) is 9.47 Å². The molecule has 0 aliphatic carbocycles. The van der Waals surface area contributed by atoms with Gasteiger partial charge in [0.25, 0.3) is 17.4 Å². The number of ether oxygens (including phenoxy) is 2. The van der Waals surface area contributed by atoms with Gasteiger partial charge in [-0.15, -0.1) is 0 Å². The van der Waals surface area contributed by atoms with Gasteiger partial charge >= 0.3 is 0 Å². The fraction of sp³-hybridized carbons (Fsp3) is 0.273. The van der Waals surface area contributed by atoms with E-state index < -0.39 is 11.8 Å². The van der Waals surface area contributed by atoms with Crippen LogP contribution in [0.1, 0.15) is 30.8 Å². The molecular weight excluding hydrogens is 400 g/mol. The molecule has 0 aliphatic heterocycles. The van der Waals surface area contributed by atoms with Gasteiger partial charge in [0.2, 0.25) is 0 Å². The van der Waals surface area contributed by atoms with E-state index in [1.54, 1.807) is 48.5 Å². The Hall–Kier alpha value is -3.88. The minimum absolute atomic E-state index is 0.0477. The number of nitrogens with one attached hydrogen (secondary N) is 2. The van der Waals surface area contributed by atoms with E-state index in [9.17, 15) is 14.4 Å². The number of rotatable bonds is 8. The van der Waals surface area contributed by atoms with Crippen LogP contribution in [0.25, 0.3) is 10.8 Å². The summed E-state index contributed by atoms with van der Waals surface area (Å²) in [5, 5.41) is 4.98. The molecular formula is C22H24N4O5. The molecule has 2 N–H and O–H groups in total. The van der Waals surface area contributed by atoms with Crippen LogP contribution in [0.2, 0.25) is 0 Å². The number of aryl methyl sites for hydroxylation is 1. The molecule has 0 unspecified atom stereocenters. The number of aromatic nitrogens is 2. The van der Waals surface area contributed by atoms with Gasteiger partial charge in [-0.05, 0) is 31.5 Å². The van der Waals surface area contributed by atoms with Gasteiger partial charge in [0.15, 0.2) is 23.8 Å². The molecule has 1 heterocycles. The highest BCUT2D eigenvalue weighted by Crippen LogP contribution is 2.26. The maximum atomic E-state index is 12.7. The largest absolute Gasteiger partial charge is 0.490 e. The molecule has 31 heavy (non-hydrogen) atoms. The molecule has 3 aromatic rings. The minimum Gasteiger partial charge on any atom is -0.490 e. The highest BCUT2D eigenvalue weighted by molar-refractivity contribution is 6.05. The second-order valence-electron chi connectivity index (χ2n) is 6.59. The van der Waals surface area contributed by atoms with E-state index in [-0.39, 0.29) is 17.9 Å². The summed E-state index contributed by atoms with van der Waals surface area (Å²) in [6.07, 6.45) is 0.684. The Morgan fingerprint density at radius 1 is 0.935 bits per heavy atom. The molecule has 0 atom stereocenters. The molecule has 0 fully saturated rings. The van der Waals surface area contributed by atoms with Crippen LogP contribution in [-0.4, -0.2) is 34.8 Å². The number of hydrazine groups is 1. The molecule has 9 nitrogen and oxygen atoms in total. The van der Waals surface area contributed by atoms with Gasteiger partial charge in [0.05, 0.1) is 12.0 Å². The van der Waals surface area contributed by atoms with E-state index in [0.717, 1.165) is 0 Å². The summed E-state index contributed by atoms with van der Waals surface area (Å²) in [6.45, 7) is 4.27. The van der Waals surface area contributed by atoms with Crippen LogP contribution < -0.4 is 25.9 Å². The van der Waals surface area contributed by atoms with E-state index >= 15 is 0 Å². The lowest BCUT2D eigenvalue weighted by molar-refractivity contribution is -0.123. The number of amides is 2. The molecule has 3 rings (SSSR count). The summed E-state index contributed by atoms with van der Waals surface area (Å²) in [5.41, 5.74) is 4.41. The first-order chi connectivity index (χ1) is 15.0. The summed E-state index contributed by atoms with van der Waals surface area (Å²) < 4.78 is 12.2. The van der Waals surface area contributed by atoms with Gasteiger partial charge in [-0.2, -0.15) is 5.10 Å².